The second-order valence-electron chi connectivity index (χ2n) is 5.16. The smallest absolute Gasteiger partial charge is 0.170 e. The molecule has 1 unspecified atom stereocenters. The molecule has 7 nitrogen and oxygen atoms in total. The van der Waals surface area contributed by atoms with Gasteiger partial charge in [0, 0.05) is 44.0 Å². The van der Waals surface area contributed by atoms with E-state index in [1.54, 1.807) is 0 Å². The van der Waals surface area contributed by atoms with Crippen molar-refractivity contribution in [2.45, 2.75) is 6.10 Å². The van der Waals surface area contributed by atoms with Gasteiger partial charge < -0.3 is 26.1 Å². The van der Waals surface area contributed by atoms with Gasteiger partial charge in [-0.25, -0.2) is 0 Å². The quantitative estimate of drug-likeness (QED) is 0.247. The topological polar surface area (TPSA) is 106 Å². The third-order valence-electron chi connectivity index (χ3n) is 3.69. The number of aliphatic hydroxyl groups excluding tert-OH is 2. The van der Waals surface area contributed by atoms with Crippen LogP contribution in [0.4, 0.5) is 5.69 Å². The monoisotopic (exact) mass is 402 g/mol. The van der Waals surface area contributed by atoms with E-state index in [1.165, 1.54) is 0 Å². The molecule has 1 aliphatic rings. The van der Waals surface area contributed by atoms with Gasteiger partial charge in [0.1, 0.15) is 0 Å². The Kier molecular flexibility index (Phi) is 13.1. The predicted molar refractivity (Wildman–Crippen MR) is 102 cm³/mol. The van der Waals surface area contributed by atoms with Crippen LogP contribution in [0.15, 0.2) is 29.4 Å². The normalized spacial score (nSPS) is 16.4. The first kappa shape index (κ1) is 25.3. The van der Waals surface area contributed by atoms with Gasteiger partial charge in [0.05, 0.1) is 12.7 Å². The highest BCUT2D eigenvalue weighted by atomic mass is 35.5. The minimum absolute atomic E-state index is 0. The minimum Gasteiger partial charge on any atom is -0.409 e. The average Bonchev–Trinajstić information content (AvgIpc) is 2.55. The number of nitrogens with two attached hydrogens (primary N) is 1. The summed E-state index contributed by atoms with van der Waals surface area (Å²) in [6.45, 7) is 3.72. The SMILES string of the molecule is Cl.Cl.Cl.NC(=NO)c1ccc(N2CCN(CC(O)CO)CC2)cc1. The first-order valence-corrected chi connectivity index (χ1v) is 6.98. The molecule has 0 aliphatic carbocycles. The molecule has 2 rings (SSSR count). The highest BCUT2D eigenvalue weighted by molar-refractivity contribution is 5.97. The van der Waals surface area contributed by atoms with E-state index in [4.69, 9.17) is 16.0 Å². The first-order valence-electron chi connectivity index (χ1n) is 6.98. The van der Waals surface area contributed by atoms with Gasteiger partial charge in [-0.2, -0.15) is 0 Å². The van der Waals surface area contributed by atoms with E-state index in [2.05, 4.69) is 15.0 Å². The number of halogens is 3. The van der Waals surface area contributed by atoms with Crippen LogP contribution < -0.4 is 10.6 Å². The minimum atomic E-state index is -0.670. The summed E-state index contributed by atoms with van der Waals surface area (Å²) in [5.41, 5.74) is 7.31. The summed E-state index contributed by atoms with van der Waals surface area (Å²) in [7, 11) is 0. The van der Waals surface area contributed by atoms with Crippen LogP contribution in [0.2, 0.25) is 0 Å². The standard InChI is InChI=1S/C14H22N4O3.3ClH/c15-14(16-21)11-1-3-12(4-2-11)18-7-5-17(6-8-18)9-13(20)10-19;;;/h1-4,13,19-21H,5-10H2,(H2,15,16);3*1H. The number of anilines is 1. The Bertz CT molecular complexity index is 483. The van der Waals surface area contributed by atoms with Crippen LogP contribution in [-0.4, -0.2) is 71.6 Å². The number of oxime groups is 1. The fraction of sp³-hybridized carbons (Fsp3) is 0.500. The van der Waals surface area contributed by atoms with Crippen molar-refractivity contribution in [2.75, 3.05) is 44.2 Å². The molecule has 0 amide bonds. The lowest BCUT2D eigenvalue weighted by molar-refractivity contribution is 0.0575. The molecule has 1 saturated heterocycles. The van der Waals surface area contributed by atoms with Gasteiger partial charge in [-0.1, -0.05) is 5.16 Å². The molecule has 1 aromatic carbocycles. The summed E-state index contributed by atoms with van der Waals surface area (Å²) < 4.78 is 0. The number of benzene rings is 1. The number of aliphatic hydroxyl groups is 2. The molecule has 1 atom stereocenters. The molecule has 140 valence electrons. The number of piperazine rings is 1. The van der Waals surface area contributed by atoms with Crippen molar-refractivity contribution in [3.63, 3.8) is 0 Å². The molecule has 10 heteroatoms. The van der Waals surface area contributed by atoms with E-state index in [1.807, 2.05) is 24.3 Å². The van der Waals surface area contributed by atoms with Crippen LogP contribution in [0.5, 0.6) is 0 Å². The molecule has 5 N–H and O–H groups in total. The summed E-state index contributed by atoms with van der Waals surface area (Å²) in [5.74, 6) is 0.101. The number of nitrogens with zero attached hydrogens (tertiary/aromatic N) is 3. The maximum atomic E-state index is 9.45. The van der Waals surface area contributed by atoms with E-state index < -0.39 is 6.10 Å². The molecule has 0 saturated carbocycles. The molecule has 1 fully saturated rings. The van der Waals surface area contributed by atoms with Gasteiger partial charge in [0.15, 0.2) is 5.84 Å². The van der Waals surface area contributed by atoms with Crippen molar-refractivity contribution in [1.29, 1.82) is 0 Å². The predicted octanol–water partition coefficient (Wildman–Crippen LogP) is 0.522. The van der Waals surface area contributed by atoms with Crippen molar-refractivity contribution in [2.24, 2.45) is 10.9 Å². The third kappa shape index (κ3) is 6.88. The zero-order chi connectivity index (χ0) is 15.2. The molecule has 0 bridgehead atoms. The number of amidine groups is 1. The Balaban J connectivity index is 0. The van der Waals surface area contributed by atoms with E-state index in [9.17, 15) is 5.11 Å². The largest absolute Gasteiger partial charge is 0.409 e. The lowest BCUT2D eigenvalue weighted by atomic mass is 10.1. The Labute approximate surface area is 160 Å². The van der Waals surface area contributed by atoms with Crippen LogP contribution in [0, 0.1) is 0 Å². The second-order valence-corrected chi connectivity index (χ2v) is 5.16. The van der Waals surface area contributed by atoms with Gasteiger partial charge in [-0.3, -0.25) is 4.90 Å². The summed E-state index contributed by atoms with van der Waals surface area (Å²) in [6.07, 6.45) is -0.670. The Hall–Kier alpha value is -0.960. The summed E-state index contributed by atoms with van der Waals surface area (Å²) in [4.78, 5) is 4.39. The number of rotatable bonds is 5. The summed E-state index contributed by atoms with van der Waals surface area (Å²) >= 11 is 0. The molecule has 24 heavy (non-hydrogen) atoms. The molecular weight excluding hydrogens is 379 g/mol. The van der Waals surface area contributed by atoms with Gasteiger partial charge in [0.25, 0.3) is 0 Å². The van der Waals surface area contributed by atoms with Crippen molar-refractivity contribution in [1.82, 2.24) is 4.90 Å². The molecule has 1 aromatic rings. The van der Waals surface area contributed by atoms with E-state index in [0.29, 0.717) is 12.1 Å². The number of hydrogen-bond acceptors (Lipinski definition) is 6. The van der Waals surface area contributed by atoms with Gasteiger partial charge >= 0.3 is 0 Å². The second kappa shape index (κ2) is 12.4. The van der Waals surface area contributed by atoms with E-state index in [0.717, 1.165) is 31.9 Å². The van der Waals surface area contributed by atoms with E-state index in [-0.39, 0.29) is 49.7 Å². The third-order valence-corrected chi connectivity index (χ3v) is 3.69. The lowest BCUT2D eigenvalue weighted by Gasteiger charge is -2.36. The molecule has 0 aromatic heterocycles. The zero-order valence-electron chi connectivity index (χ0n) is 13.1. The molecule has 0 spiro atoms. The van der Waals surface area contributed by atoms with Crippen LogP contribution in [-0.2, 0) is 0 Å². The highest BCUT2D eigenvalue weighted by Crippen LogP contribution is 2.17. The first-order chi connectivity index (χ1) is 10.1. The Morgan fingerprint density at radius 2 is 1.62 bits per heavy atom. The molecule has 1 aliphatic heterocycles. The van der Waals surface area contributed by atoms with Crippen LogP contribution in [0.25, 0.3) is 0 Å². The maximum absolute atomic E-state index is 9.45. The molecular formula is C14H25Cl3N4O3. The molecule has 1 heterocycles. The Morgan fingerprint density at radius 1 is 1.08 bits per heavy atom. The summed E-state index contributed by atoms with van der Waals surface area (Å²) in [5, 5.41) is 29.9. The van der Waals surface area contributed by atoms with Gasteiger partial charge in [-0.15, -0.1) is 37.2 Å². The number of β-amino-alcohol motifs (C(OH)–C–C–N with tert-alkyl or cyclic N) is 1. The van der Waals surface area contributed by atoms with Gasteiger partial charge in [0.2, 0.25) is 0 Å². The fourth-order valence-electron chi connectivity index (χ4n) is 2.45. The maximum Gasteiger partial charge on any atom is 0.170 e. The van der Waals surface area contributed by atoms with Crippen LogP contribution in [0.1, 0.15) is 5.56 Å². The summed E-state index contributed by atoms with van der Waals surface area (Å²) in [6, 6.07) is 7.55. The van der Waals surface area contributed by atoms with Crippen molar-refractivity contribution < 1.29 is 15.4 Å². The Morgan fingerprint density at radius 3 is 2.08 bits per heavy atom. The highest BCUT2D eigenvalue weighted by Gasteiger charge is 2.19. The fourth-order valence-corrected chi connectivity index (χ4v) is 2.45. The van der Waals surface area contributed by atoms with Gasteiger partial charge in [-0.05, 0) is 24.3 Å². The molecule has 0 radical (unpaired) electrons. The van der Waals surface area contributed by atoms with Crippen molar-refractivity contribution >= 4 is 48.7 Å². The van der Waals surface area contributed by atoms with E-state index >= 15 is 0 Å². The van der Waals surface area contributed by atoms with Crippen LogP contribution in [0.3, 0.4) is 0 Å². The lowest BCUT2D eigenvalue weighted by Crippen LogP contribution is -2.49. The average molecular weight is 404 g/mol. The zero-order valence-corrected chi connectivity index (χ0v) is 15.6. The number of hydrogen-bond donors (Lipinski definition) is 4. The van der Waals surface area contributed by atoms with Crippen molar-refractivity contribution in [3.05, 3.63) is 29.8 Å². The van der Waals surface area contributed by atoms with Crippen LogP contribution >= 0.6 is 37.2 Å². The van der Waals surface area contributed by atoms with Crippen molar-refractivity contribution in [3.8, 4) is 0 Å².